The van der Waals surface area contributed by atoms with Gasteiger partial charge < -0.3 is 10.1 Å². The monoisotopic (exact) mass is 329 g/mol. The van der Waals surface area contributed by atoms with Gasteiger partial charge in [0, 0.05) is 48.9 Å². The van der Waals surface area contributed by atoms with Crippen molar-refractivity contribution in [3.05, 3.63) is 46.9 Å². The fourth-order valence-corrected chi connectivity index (χ4v) is 4.60. The van der Waals surface area contributed by atoms with E-state index in [-0.39, 0.29) is 0 Å². The highest BCUT2D eigenvalue weighted by Gasteiger charge is 2.42. The van der Waals surface area contributed by atoms with Crippen LogP contribution in [0.5, 0.6) is 0 Å². The zero-order valence-electron chi connectivity index (χ0n) is 13.2. The smallest absolute Gasteiger partial charge is 0.0775 e. The minimum atomic E-state index is 0.368. The molecule has 2 aliphatic rings. The van der Waals surface area contributed by atoms with E-state index in [1.54, 1.807) is 0 Å². The molecule has 23 heavy (non-hydrogen) atoms. The van der Waals surface area contributed by atoms with Crippen LogP contribution in [0.15, 0.2) is 42.0 Å². The van der Waals surface area contributed by atoms with Crippen molar-refractivity contribution in [3.8, 4) is 0 Å². The van der Waals surface area contributed by atoms with Gasteiger partial charge in [-0.3, -0.25) is 9.88 Å². The number of pyridine rings is 1. The maximum Gasteiger partial charge on any atom is 0.0775 e. The predicted octanol–water partition coefficient (Wildman–Crippen LogP) is 3.23. The molecule has 1 saturated carbocycles. The fourth-order valence-electron chi connectivity index (χ4n) is 3.87. The van der Waals surface area contributed by atoms with Crippen molar-refractivity contribution in [2.24, 2.45) is 5.92 Å². The standard InChI is InChI=1S/C18H23N3OS/c1-3-15(12-19-7-1)20-11-14-5-6-17-18(14)22-9-8-21(17)13-16-4-2-10-23-16/h1-4,7,10,12,14,17-18,20H,5-6,8-9,11,13H2/t14-,17-,18+/m0/s1. The van der Waals surface area contributed by atoms with Crippen LogP contribution in [0.4, 0.5) is 5.69 Å². The van der Waals surface area contributed by atoms with Gasteiger partial charge in [-0.25, -0.2) is 0 Å². The van der Waals surface area contributed by atoms with E-state index in [0.29, 0.717) is 18.1 Å². The van der Waals surface area contributed by atoms with Gasteiger partial charge >= 0.3 is 0 Å². The minimum Gasteiger partial charge on any atom is -0.383 e. The molecule has 1 aliphatic heterocycles. The van der Waals surface area contributed by atoms with Crippen molar-refractivity contribution in [3.63, 3.8) is 0 Å². The van der Waals surface area contributed by atoms with E-state index in [9.17, 15) is 0 Å². The fraction of sp³-hybridized carbons (Fsp3) is 0.500. The van der Waals surface area contributed by atoms with Crippen molar-refractivity contribution in [1.82, 2.24) is 9.88 Å². The van der Waals surface area contributed by atoms with E-state index in [1.165, 1.54) is 17.7 Å². The second kappa shape index (κ2) is 6.99. The van der Waals surface area contributed by atoms with Gasteiger partial charge in [0.05, 0.1) is 18.4 Å². The molecule has 4 nitrogen and oxygen atoms in total. The van der Waals surface area contributed by atoms with E-state index < -0.39 is 0 Å². The largest absolute Gasteiger partial charge is 0.383 e. The first-order chi connectivity index (χ1) is 11.4. The van der Waals surface area contributed by atoms with Crippen LogP contribution >= 0.6 is 11.3 Å². The van der Waals surface area contributed by atoms with Crippen LogP contribution in [0.1, 0.15) is 17.7 Å². The summed E-state index contributed by atoms with van der Waals surface area (Å²) in [6.45, 7) is 3.96. The molecule has 2 fully saturated rings. The van der Waals surface area contributed by atoms with E-state index >= 15 is 0 Å². The summed E-state index contributed by atoms with van der Waals surface area (Å²) in [6.07, 6.45) is 6.55. The lowest BCUT2D eigenvalue weighted by molar-refractivity contribution is -0.0742. The van der Waals surface area contributed by atoms with Crippen molar-refractivity contribution in [2.45, 2.75) is 31.5 Å². The van der Waals surface area contributed by atoms with Crippen molar-refractivity contribution >= 4 is 17.0 Å². The summed E-state index contributed by atoms with van der Waals surface area (Å²) in [5, 5.41) is 5.69. The van der Waals surface area contributed by atoms with Crippen molar-refractivity contribution in [1.29, 1.82) is 0 Å². The summed E-state index contributed by atoms with van der Waals surface area (Å²) in [7, 11) is 0. The predicted molar refractivity (Wildman–Crippen MR) is 93.7 cm³/mol. The van der Waals surface area contributed by atoms with Crippen LogP contribution in [0, 0.1) is 5.92 Å². The Hall–Kier alpha value is -1.43. The molecule has 0 spiro atoms. The summed E-state index contributed by atoms with van der Waals surface area (Å²) in [6, 6.07) is 9.01. The first-order valence-electron chi connectivity index (χ1n) is 8.42. The molecule has 1 N–H and O–H groups in total. The number of fused-ring (bicyclic) bond motifs is 1. The van der Waals surface area contributed by atoms with Gasteiger partial charge in [0.15, 0.2) is 0 Å². The molecular weight excluding hydrogens is 306 g/mol. The lowest BCUT2D eigenvalue weighted by Crippen LogP contribution is -2.50. The maximum absolute atomic E-state index is 6.16. The molecule has 2 aromatic heterocycles. The Morgan fingerprint density at radius 1 is 1.30 bits per heavy atom. The normalized spacial score (nSPS) is 27.7. The van der Waals surface area contributed by atoms with E-state index in [4.69, 9.17) is 4.74 Å². The Kier molecular flexibility index (Phi) is 4.60. The minimum absolute atomic E-state index is 0.368. The summed E-state index contributed by atoms with van der Waals surface area (Å²) < 4.78 is 6.16. The van der Waals surface area contributed by atoms with Crippen LogP contribution in [-0.2, 0) is 11.3 Å². The molecule has 3 heterocycles. The molecule has 4 rings (SSSR count). The third-order valence-electron chi connectivity index (χ3n) is 5.00. The number of ether oxygens (including phenoxy) is 1. The number of rotatable bonds is 5. The van der Waals surface area contributed by atoms with Crippen LogP contribution < -0.4 is 5.32 Å². The molecule has 1 aliphatic carbocycles. The third kappa shape index (κ3) is 3.42. The molecule has 5 heteroatoms. The van der Waals surface area contributed by atoms with E-state index in [2.05, 4.69) is 38.8 Å². The first kappa shape index (κ1) is 15.1. The molecule has 0 bridgehead atoms. The summed E-state index contributed by atoms with van der Waals surface area (Å²) in [5.74, 6) is 0.589. The second-order valence-electron chi connectivity index (χ2n) is 6.41. The third-order valence-corrected chi connectivity index (χ3v) is 5.86. The summed E-state index contributed by atoms with van der Waals surface area (Å²) in [5.41, 5.74) is 1.10. The lowest BCUT2D eigenvalue weighted by atomic mass is 10.0. The second-order valence-corrected chi connectivity index (χ2v) is 7.44. The molecule has 1 saturated heterocycles. The average Bonchev–Trinajstić information content (AvgIpc) is 3.24. The average molecular weight is 329 g/mol. The summed E-state index contributed by atoms with van der Waals surface area (Å²) >= 11 is 1.86. The highest BCUT2D eigenvalue weighted by atomic mass is 32.1. The maximum atomic E-state index is 6.16. The Bertz CT molecular complexity index is 604. The highest BCUT2D eigenvalue weighted by molar-refractivity contribution is 7.09. The van der Waals surface area contributed by atoms with Gasteiger partial charge in [0.25, 0.3) is 0 Å². The molecular formula is C18H23N3OS. The molecule has 0 aromatic carbocycles. The van der Waals surface area contributed by atoms with Gasteiger partial charge in [-0.05, 0) is 36.4 Å². The Balaban J connectivity index is 1.37. The van der Waals surface area contributed by atoms with Gasteiger partial charge in [-0.15, -0.1) is 11.3 Å². The number of morpholine rings is 1. The van der Waals surface area contributed by atoms with E-state index in [0.717, 1.165) is 31.9 Å². The summed E-state index contributed by atoms with van der Waals surface area (Å²) in [4.78, 5) is 8.25. The van der Waals surface area contributed by atoms with Crippen LogP contribution in [0.3, 0.4) is 0 Å². The highest BCUT2D eigenvalue weighted by Crippen LogP contribution is 2.35. The molecule has 0 amide bonds. The molecule has 122 valence electrons. The Labute approximate surface area is 141 Å². The number of aromatic nitrogens is 1. The number of thiophene rings is 1. The van der Waals surface area contributed by atoms with Gasteiger partial charge in [0.2, 0.25) is 0 Å². The van der Waals surface area contributed by atoms with Gasteiger partial charge in [0.1, 0.15) is 0 Å². The van der Waals surface area contributed by atoms with E-state index in [1.807, 2.05) is 29.8 Å². The van der Waals surface area contributed by atoms with Crippen LogP contribution in [0.25, 0.3) is 0 Å². The quantitative estimate of drug-likeness (QED) is 0.914. The molecule has 0 unspecified atom stereocenters. The zero-order chi connectivity index (χ0) is 15.5. The number of hydrogen-bond acceptors (Lipinski definition) is 5. The number of anilines is 1. The van der Waals surface area contributed by atoms with Crippen LogP contribution in [-0.4, -0.2) is 41.7 Å². The van der Waals surface area contributed by atoms with Crippen LogP contribution in [0.2, 0.25) is 0 Å². The van der Waals surface area contributed by atoms with Crippen molar-refractivity contribution in [2.75, 3.05) is 25.0 Å². The zero-order valence-corrected chi connectivity index (χ0v) is 14.0. The number of nitrogens with one attached hydrogen (secondary N) is 1. The SMILES string of the molecule is c1cncc(NC[C@@H]2CC[C@H]3[C@@H]2OCCN3Cc2cccs2)c1. The molecule has 2 aromatic rings. The Morgan fingerprint density at radius 3 is 3.13 bits per heavy atom. The van der Waals surface area contributed by atoms with Gasteiger partial charge in [-0.1, -0.05) is 6.07 Å². The topological polar surface area (TPSA) is 37.4 Å². The Morgan fingerprint density at radius 2 is 2.30 bits per heavy atom. The number of nitrogens with zero attached hydrogens (tertiary/aromatic N) is 2. The number of hydrogen-bond donors (Lipinski definition) is 1. The molecule has 0 radical (unpaired) electrons. The molecule has 3 atom stereocenters. The van der Waals surface area contributed by atoms with Gasteiger partial charge in [-0.2, -0.15) is 0 Å². The van der Waals surface area contributed by atoms with Crippen molar-refractivity contribution < 1.29 is 4.74 Å². The first-order valence-corrected chi connectivity index (χ1v) is 9.30. The lowest BCUT2D eigenvalue weighted by Gasteiger charge is -2.39.